The third-order valence-electron chi connectivity index (χ3n) is 4.46. The van der Waals surface area contributed by atoms with Gasteiger partial charge in [0.05, 0.1) is 24.8 Å². The van der Waals surface area contributed by atoms with Crippen LogP contribution in [-0.4, -0.2) is 50.1 Å². The van der Waals surface area contributed by atoms with Gasteiger partial charge in [0.15, 0.2) is 5.78 Å². The molecule has 1 atom stereocenters. The number of carbonyl (C=O) groups excluding carboxylic acids is 1. The maximum absolute atomic E-state index is 12.9. The highest BCUT2D eigenvalue weighted by Gasteiger charge is 2.32. The van der Waals surface area contributed by atoms with Gasteiger partial charge in [0, 0.05) is 36.7 Å². The summed E-state index contributed by atoms with van der Waals surface area (Å²) in [6.07, 6.45) is 1.72. The summed E-state index contributed by atoms with van der Waals surface area (Å²) in [5, 5.41) is 0.551. The molecule has 4 nitrogen and oxygen atoms in total. The first kappa shape index (κ1) is 18.5. The van der Waals surface area contributed by atoms with Crippen molar-refractivity contribution in [3.05, 3.63) is 28.3 Å². The molecular weight excluding hydrogens is 337 g/mol. The van der Waals surface area contributed by atoms with Crippen LogP contribution in [0.25, 0.3) is 0 Å². The van der Waals surface area contributed by atoms with Gasteiger partial charge in [-0.05, 0) is 31.9 Å². The summed E-state index contributed by atoms with van der Waals surface area (Å²) < 4.78 is 11.0. The predicted molar refractivity (Wildman–Crippen MR) is 93.3 cm³/mol. The van der Waals surface area contributed by atoms with Crippen LogP contribution in [0.1, 0.15) is 29.3 Å². The van der Waals surface area contributed by atoms with Gasteiger partial charge in [-0.1, -0.05) is 11.6 Å². The lowest BCUT2D eigenvalue weighted by atomic mass is 9.82. The maximum atomic E-state index is 12.9. The number of ether oxygens (including phenoxy) is 2. The van der Waals surface area contributed by atoms with E-state index in [-0.39, 0.29) is 24.1 Å². The smallest absolute Gasteiger partial charge is 0.169 e. The number of rotatable bonds is 4. The van der Waals surface area contributed by atoms with Crippen molar-refractivity contribution in [2.75, 3.05) is 39.5 Å². The number of nitrogens with zero attached hydrogens (tertiary/aromatic N) is 1. The van der Waals surface area contributed by atoms with Gasteiger partial charge < -0.3 is 9.47 Å². The molecule has 0 aromatic heterocycles. The monoisotopic (exact) mass is 359 g/mol. The Bertz CT molecular complexity index is 559. The van der Waals surface area contributed by atoms with Gasteiger partial charge in [-0.3, -0.25) is 9.69 Å². The van der Waals surface area contributed by atoms with Crippen LogP contribution in [0.3, 0.4) is 0 Å². The summed E-state index contributed by atoms with van der Waals surface area (Å²) in [6, 6.07) is 3.65. The van der Waals surface area contributed by atoms with E-state index < -0.39 is 0 Å². The number of ketones is 1. The largest absolute Gasteiger partial charge is 0.494 e. The summed E-state index contributed by atoms with van der Waals surface area (Å²) in [4.78, 5) is 15.2. The predicted octanol–water partition coefficient (Wildman–Crippen LogP) is 3.24. The Hall–Kier alpha value is -0.810. The number of halogens is 2. The van der Waals surface area contributed by atoms with E-state index in [1.807, 2.05) is 13.0 Å². The van der Waals surface area contributed by atoms with Crippen molar-refractivity contribution in [1.82, 2.24) is 4.90 Å². The van der Waals surface area contributed by atoms with Crippen molar-refractivity contribution < 1.29 is 14.3 Å². The number of morpholine rings is 1. The third-order valence-corrected chi connectivity index (χ3v) is 4.78. The first-order valence-electron chi connectivity index (χ1n) is 7.99. The average Bonchev–Trinajstić information content (AvgIpc) is 2.53. The van der Waals surface area contributed by atoms with E-state index in [2.05, 4.69) is 4.90 Å². The minimum Gasteiger partial charge on any atom is -0.494 e. The zero-order valence-corrected chi connectivity index (χ0v) is 14.9. The number of carbonyl (C=O) groups is 1. The summed E-state index contributed by atoms with van der Waals surface area (Å²) >= 11 is 6.31. The Balaban J connectivity index is 0.00000192. The van der Waals surface area contributed by atoms with Crippen LogP contribution in [0.2, 0.25) is 5.02 Å². The highest BCUT2D eigenvalue weighted by atomic mass is 35.5. The zero-order valence-electron chi connectivity index (χ0n) is 13.3. The highest BCUT2D eigenvalue weighted by molar-refractivity contribution is 6.34. The van der Waals surface area contributed by atoms with E-state index in [9.17, 15) is 4.79 Å². The summed E-state index contributed by atoms with van der Waals surface area (Å²) in [5.41, 5.74) is 1.66. The van der Waals surface area contributed by atoms with Gasteiger partial charge in [-0.2, -0.15) is 0 Å². The fourth-order valence-corrected chi connectivity index (χ4v) is 3.60. The summed E-state index contributed by atoms with van der Waals surface area (Å²) in [5.74, 6) is 0.999. The van der Waals surface area contributed by atoms with Gasteiger partial charge in [-0.25, -0.2) is 0 Å². The summed E-state index contributed by atoms with van der Waals surface area (Å²) in [6.45, 7) is 6.68. The molecule has 2 aliphatic rings. The van der Waals surface area contributed by atoms with Crippen molar-refractivity contribution in [2.45, 2.75) is 19.8 Å². The molecule has 1 aromatic rings. The van der Waals surface area contributed by atoms with Crippen molar-refractivity contribution in [2.24, 2.45) is 5.92 Å². The Morgan fingerprint density at radius 1 is 1.35 bits per heavy atom. The van der Waals surface area contributed by atoms with Crippen molar-refractivity contribution >= 4 is 29.8 Å². The quantitative estimate of drug-likeness (QED) is 0.827. The van der Waals surface area contributed by atoms with Gasteiger partial charge in [0.2, 0.25) is 0 Å². The molecule has 1 aromatic carbocycles. The van der Waals surface area contributed by atoms with E-state index in [0.717, 1.165) is 57.0 Å². The molecule has 0 bridgehead atoms. The summed E-state index contributed by atoms with van der Waals surface area (Å²) in [7, 11) is 0. The molecular formula is C17H23Cl2NO3. The van der Waals surface area contributed by atoms with Crippen LogP contribution in [-0.2, 0) is 11.2 Å². The standard InChI is InChI=1S/C17H22ClNO3.ClH/c1-2-22-15-6-5-14(18)16-13(15)4-3-12(17(16)20)11-19-7-9-21-10-8-19;/h5-6,12H,2-4,7-11H2,1H3;1H. The molecule has 128 valence electrons. The lowest BCUT2D eigenvalue weighted by molar-refractivity contribution is 0.0291. The van der Waals surface area contributed by atoms with E-state index >= 15 is 0 Å². The van der Waals surface area contributed by atoms with Crippen LogP contribution < -0.4 is 4.74 Å². The van der Waals surface area contributed by atoms with Gasteiger partial charge in [0.1, 0.15) is 5.75 Å². The minimum absolute atomic E-state index is 0. The molecule has 1 aliphatic heterocycles. The van der Waals surface area contributed by atoms with Crippen molar-refractivity contribution in [3.63, 3.8) is 0 Å². The van der Waals surface area contributed by atoms with Gasteiger partial charge in [0.25, 0.3) is 0 Å². The molecule has 3 rings (SSSR count). The number of fused-ring (bicyclic) bond motifs is 1. The topological polar surface area (TPSA) is 38.8 Å². The maximum Gasteiger partial charge on any atom is 0.169 e. The van der Waals surface area contributed by atoms with Gasteiger partial charge in [-0.15, -0.1) is 12.4 Å². The number of benzene rings is 1. The van der Waals surface area contributed by atoms with Crippen LogP contribution >= 0.6 is 24.0 Å². The second kappa shape index (κ2) is 8.34. The van der Waals surface area contributed by atoms with Crippen LogP contribution in [0.15, 0.2) is 12.1 Å². The molecule has 0 radical (unpaired) electrons. The average molecular weight is 360 g/mol. The highest BCUT2D eigenvalue weighted by Crippen LogP contribution is 2.37. The molecule has 0 amide bonds. The minimum atomic E-state index is 0. The third kappa shape index (κ3) is 4.00. The normalized spacial score (nSPS) is 21.5. The Morgan fingerprint density at radius 2 is 2.09 bits per heavy atom. The molecule has 0 N–H and O–H groups in total. The van der Waals surface area contributed by atoms with E-state index in [1.54, 1.807) is 6.07 Å². The fourth-order valence-electron chi connectivity index (χ4n) is 3.33. The van der Waals surface area contributed by atoms with E-state index in [0.29, 0.717) is 17.2 Å². The van der Waals surface area contributed by atoms with Gasteiger partial charge >= 0.3 is 0 Å². The molecule has 1 fully saturated rings. The molecule has 1 saturated heterocycles. The first-order chi connectivity index (χ1) is 10.7. The van der Waals surface area contributed by atoms with Crippen LogP contribution in [0.4, 0.5) is 0 Å². The molecule has 0 saturated carbocycles. The second-order valence-corrected chi connectivity index (χ2v) is 6.25. The Kier molecular flexibility index (Phi) is 6.72. The molecule has 1 aliphatic carbocycles. The van der Waals surface area contributed by atoms with Crippen molar-refractivity contribution in [1.29, 1.82) is 0 Å². The molecule has 23 heavy (non-hydrogen) atoms. The number of Topliss-reactive ketones (excluding diaryl/α,β-unsaturated/α-hetero) is 1. The number of hydrogen-bond donors (Lipinski definition) is 0. The second-order valence-electron chi connectivity index (χ2n) is 5.84. The zero-order chi connectivity index (χ0) is 15.5. The Labute approximate surface area is 148 Å². The number of hydrogen-bond acceptors (Lipinski definition) is 4. The Morgan fingerprint density at radius 3 is 2.78 bits per heavy atom. The van der Waals surface area contributed by atoms with E-state index in [4.69, 9.17) is 21.1 Å². The van der Waals surface area contributed by atoms with Crippen LogP contribution in [0, 0.1) is 5.92 Å². The molecule has 1 unspecified atom stereocenters. The van der Waals surface area contributed by atoms with Crippen molar-refractivity contribution in [3.8, 4) is 5.75 Å². The van der Waals surface area contributed by atoms with E-state index in [1.165, 1.54) is 0 Å². The van der Waals surface area contributed by atoms with Crippen LogP contribution in [0.5, 0.6) is 5.75 Å². The lowest BCUT2D eigenvalue weighted by Crippen LogP contribution is -2.42. The molecule has 6 heteroatoms. The molecule has 0 spiro atoms. The molecule has 1 heterocycles. The first-order valence-corrected chi connectivity index (χ1v) is 8.37. The SMILES string of the molecule is CCOc1ccc(Cl)c2c1CCC(CN1CCOCC1)C2=O.Cl. The lowest BCUT2D eigenvalue weighted by Gasteiger charge is -2.32. The fraction of sp³-hybridized carbons (Fsp3) is 0.588.